The molecule has 0 radical (unpaired) electrons. The van der Waals surface area contributed by atoms with Crippen LogP contribution in [0.5, 0.6) is 0 Å². The summed E-state index contributed by atoms with van der Waals surface area (Å²) in [5.74, 6) is -2.39. The van der Waals surface area contributed by atoms with Crippen molar-refractivity contribution >= 4 is 44.9 Å². The molecule has 1 amide bonds. The van der Waals surface area contributed by atoms with Crippen molar-refractivity contribution in [2.24, 2.45) is 0 Å². The van der Waals surface area contributed by atoms with Gasteiger partial charge in [-0.2, -0.15) is 13.2 Å². The average Bonchev–Trinajstić information content (AvgIpc) is 2.73. The van der Waals surface area contributed by atoms with E-state index in [1.807, 2.05) is 0 Å². The number of hydrogen-bond donors (Lipinski definition) is 2. The predicted molar refractivity (Wildman–Crippen MR) is 112 cm³/mol. The normalized spacial score (nSPS) is 11.6. The zero-order valence-electron chi connectivity index (χ0n) is 16.3. The van der Waals surface area contributed by atoms with E-state index in [1.54, 1.807) is 0 Å². The summed E-state index contributed by atoms with van der Waals surface area (Å²) in [5, 5.41) is 13.1. The predicted octanol–water partition coefficient (Wildman–Crippen LogP) is 3.78. The van der Waals surface area contributed by atoms with Crippen LogP contribution in [-0.4, -0.2) is 20.3 Å². The lowest BCUT2D eigenvalue weighted by atomic mass is 10.1. The van der Waals surface area contributed by atoms with Crippen LogP contribution in [0, 0.1) is 0 Å². The first-order valence-electron chi connectivity index (χ1n) is 8.99. The van der Waals surface area contributed by atoms with E-state index in [9.17, 15) is 36.3 Å². The number of rotatable bonds is 6. The van der Waals surface area contributed by atoms with Crippen LogP contribution >= 0.6 is 11.6 Å². The van der Waals surface area contributed by atoms with Crippen LogP contribution in [0.1, 0.15) is 26.3 Å². The van der Waals surface area contributed by atoms with Gasteiger partial charge in [0.1, 0.15) is 4.90 Å². The number of nitrogens with one attached hydrogen (secondary N) is 2. The Balaban J connectivity index is 1.83. The highest BCUT2D eigenvalue weighted by Crippen LogP contribution is 2.31. The summed E-state index contributed by atoms with van der Waals surface area (Å²) in [7, 11) is -4.35. The number of carboxylic acid groups (broad SMARTS) is 1. The van der Waals surface area contributed by atoms with Gasteiger partial charge < -0.3 is 15.2 Å². The summed E-state index contributed by atoms with van der Waals surface area (Å²) < 4.78 is 66.1. The van der Waals surface area contributed by atoms with Gasteiger partial charge in [-0.05, 0) is 54.1 Å². The van der Waals surface area contributed by atoms with E-state index < -0.39 is 44.1 Å². The van der Waals surface area contributed by atoms with Gasteiger partial charge in [0, 0.05) is 16.9 Å². The zero-order chi connectivity index (χ0) is 24.4. The van der Waals surface area contributed by atoms with Crippen LogP contribution in [0.3, 0.4) is 0 Å². The number of benzene rings is 3. The summed E-state index contributed by atoms with van der Waals surface area (Å²) >= 11 is 5.89. The first kappa shape index (κ1) is 24.1. The number of aromatic carboxylic acids is 1. The van der Waals surface area contributed by atoms with Crippen LogP contribution in [0.2, 0.25) is 5.02 Å². The van der Waals surface area contributed by atoms with E-state index in [1.165, 1.54) is 24.3 Å². The molecule has 0 aliphatic rings. The molecule has 172 valence electrons. The molecular weight excluding hydrogens is 485 g/mol. The van der Waals surface area contributed by atoms with Gasteiger partial charge in [0.15, 0.2) is 0 Å². The number of amides is 1. The Morgan fingerprint density at radius 2 is 1.55 bits per heavy atom. The molecule has 0 heterocycles. The Kier molecular flexibility index (Phi) is 6.65. The van der Waals surface area contributed by atoms with Crippen molar-refractivity contribution in [1.29, 1.82) is 0 Å². The lowest BCUT2D eigenvalue weighted by Crippen LogP contribution is -2.23. The largest absolute Gasteiger partial charge is 0.545 e. The lowest BCUT2D eigenvalue weighted by molar-refractivity contribution is -0.255. The van der Waals surface area contributed by atoms with Gasteiger partial charge in [0.2, 0.25) is 0 Å². The van der Waals surface area contributed by atoms with Crippen molar-refractivity contribution in [2.75, 3.05) is 10.0 Å². The van der Waals surface area contributed by atoms with E-state index in [-0.39, 0.29) is 22.0 Å². The highest BCUT2D eigenvalue weighted by molar-refractivity contribution is 7.92. The minimum absolute atomic E-state index is 0.0535. The number of hydrogen-bond acceptors (Lipinski definition) is 5. The van der Waals surface area contributed by atoms with Crippen molar-refractivity contribution in [3.05, 3.63) is 88.4 Å². The number of carbonyl (C=O) groups is 2. The summed E-state index contributed by atoms with van der Waals surface area (Å²) in [6.45, 7) is 0. The molecule has 3 aromatic rings. The third kappa shape index (κ3) is 5.82. The Hall–Kier alpha value is -3.57. The van der Waals surface area contributed by atoms with Gasteiger partial charge in [-0.1, -0.05) is 29.8 Å². The molecule has 0 aliphatic carbocycles. The average molecular weight is 498 g/mol. The molecule has 0 aromatic heterocycles. The quantitative estimate of drug-likeness (QED) is 0.538. The molecule has 3 rings (SSSR count). The maximum Gasteiger partial charge on any atom is 0.416 e. The van der Waals surface area contributed by atoms with Gasteiger partial charge in [-0.15, -0.1) is 0 Å². The van der Waals surface area contributed by atoms with Crippen LogP contribution in [-0.2, 0) is 16.2 Å². The SMILES string of the molecule is O=C([O-])c1ccc(Cl)c(S(=O)(=O)Nc2cccc(C(=O)Nc3cccc(C(F)(F)F)c3)c2)c1. The molecule has 33 heavy (non-hydrogen) atoms. The molecule has 0 bridgehead atoms. The van der Waals surface area contributed by atoms with E-state index in [4.69, 9.17) is 11.6 Å². The molecule has 7 nitrogen and oxygen atoms in total. The fourth-order valence-electron chi connectivity index (χ4n) is 2.75. The summed E-state index contributed by atoms with van der Waals surface area (Å²) in [4.78, 5) is 23.0. The second-order valence-corrected chi connectivity index (χ2v) is 8.71. The van der Waals surface area contributed by atoms with Crippen molar-refractivity contribution < 1.29 is 36.3 Å². The maximum absolute atomic E-state index is 12.9. The molecular formula is C21H13ClF3N2O5S-. The Morgan fingerprint density at radius 3 is 2.21 bits per heavy atom. The molecule has 0 unspecified atom stereocenters. The van der Waals surface area contributed by atoms with Gasteiger partial charge in [0.05, 0.1) is 16.6 Å². The number of halogens is 4. The van der Waals surface area contributed by atoms with E-state index in [0.29, 0.717) is 0 Å². The lowest BCUT2D eigenvalue weighted by Gasteiger charge is -2.13. The molecule has 3 aromatic carbocycles. The standard InChI is InChI=1S/C21H14ClF3N2O5S/c22-17-8-7-13(20(29)30)10-18(17)33(31,32)27-16-6-1-3-12(9-16)19(28)26-15-5-2-4-14(11-15)21(23,24)25/h1-11,27H,(H,26,28)(H,29,30)/p-1. The molecule has 0 saturated heterocycles. The summed E-state index contributed by atoms with van der Waals surface area (Å²) in [6.07, 6.45) is -4.59. The van der Waals surface area contributed by atoms with Gasteiger partial charge in [-0.25, -0.2) is 8.42 Å². The summed E-state index contributed by atoms with van der Waals surface area (Å²) in [5.41, 5.74) is -1.58. The molecule has 0 saturated carbocycles. The fraction of sp³-hybridized carbons (Fsp3) is 0.0476. The van der Waals surface area contributed by atoms with Crippen LogP contribution in [0.15, 0.2) is 71.6 Å². The van der Waals surface area contributed by atoms with Gasteiger partial charge in [0.25, 0.3) is 15.9 Å². The van der Waals surface area contributed by atoms with Crippen molar-refractivity contribution in [2.45, 2.75) is 11.1 Å². The Bertz CT molecular complexity index is 1340. The van der Waals surface area contributed by atoms with E-state index >= 15 is 0 Å². The molecule has 2 N–H and O–H groups in total. The van der Waals surface area contributed by atoms with Crippen LogP contribution < -0.4 is 15.1 Å². The minimum atomic E-state index is -4.59. The first-order chi connectivity index (χ1) is 15.4. The second kappa shape index (κ2) is 9.12. The molecule has 0 spiro atoms. The number of alkyl halides is 3. The highest BCUT2D eigenvalue weighted by atomic mass is 35.5. The van der Waals surface area contributed by atoms with Gasteiger partial charge in [-0.3, -0.25) is 9.52 Å². The van der Waals surface area contributed by atoms with Crippen LogP contribution in [0.4, 0.5) is 24.5 Å². The first-order valence-corrected chi connectivity index (χ1v) is 10.9. The minimum Gasteiger partial charge on any atom is -0.545 e. The van der Waals surface area contributed by atoms with Crippen molar-refractivity contribution in [3.8, 4) is 0 Å². The van der Waals surface area contributed by atoms with Crippen LogP contribution in [0.25, 0.3) is 0 Å². The third-order valence-corrected chi connectivity index (χ3v) is 6.14. The topological polar surface area (TPSA) is 115 Å². The number of anilines is 2. The molecule has 0 fully saturated rings. The summed E-state index contributed by atoms with van der Waals surface area (Å²) in [6, 6.07) is 12.1. The molecule has 0 aliphatic heterocycles. The highest BCUT2D eigenvalue weighted by Gasteiger charge is 2.30. The number of carboxylic acids is 1. The monoisotopic (exact) mass is 497 g/mol. The van der Waals surface area contributed by atoms with E-state index in [2.05, 4.69) is 10.0 Å². The zero-order valence-corrected chi connectivity index (χ0v) is 17.9. The smallest absolute Gasteiger partial charge is 0.416 e. The Morgan fingerprint density at radius 1 is 0.879 bits per heavy atom. The molecule has 12 heteroatoms. The van der Waals surface area contributed by atoms with Crippen molar-refractivity contribution in [1.82, 2.24) is 0 Å². The second-order valence-electron chi connectivity index (χ2n) is 6.65. The van der Waals surface area contributed by atoms with Crippen molar-refractivity contribution in [3.63, 3.8) is 0 Å². The third-order valence-electron chi connectivity index (χ3n) is 4.28. The van der Waals surface area contributed by atoms with Gasteiger partial charge >= 0.3 is 6.18 Å². The number of carbonyl (C=O) groups excluding carboxylic acids is 2. The maximum atomic E-state index is 12.9. The fourth-order valence-corrected chi connectivity index (χ4v) is 4.32. The Labute approximate surface area is 190 Å². The van der Waals surface area contributed by atoms with E-state index in [0.717, 1.165) is 42.5 Å². The molecule has 0 atom stereocenters. The number of sulfonamides is 1.